The molecule has 3 aromatic carbocycles. The first-order valence-corrected chi connectivity index (χ1v) is 10.0. The summed E-state index contributed by atoms with van der Waals surface area (Å²) in [5.41, 5.74) is 5.55. The molecule has 1 saturated heterocycles. The molecule has 27 heavy (non-hydrogen) atoms. The molecule has 0 spiro atoms. The molecule has 3 aromatic rings. The monoisotopic (exact) mass is 356 g/mol. The van der Waals surface area contributed by atoms with Crippen molar-refractivity contribution in [2.45, 2.75) is 13.0 Å². The lowest BCUT2D eigenvalue weighted by molar-refractivity contribution is 0.128. The Hall–Kier alpha value is -2.42. The van der Waals surface area contributed by atoms with Gasteiger partial charge in [-0.05, 0) is 28.7 Å². The van der Waals surface area contributed by atoms with Gasteiger partial charge in [-0.3, -0.25) is 4.90 Å². The van der Waals surface area contributed by atoms with Crippen LogP contribution >= 0.6 is 0 Å². The standard InChI is InChI=1S/C25H28N2/c1-3-9-22(10-4-1)15-16-26-17-19-27(20-18-26)21-24-13-7-8-14-25(24)23-11-5-2-6-12-23/h1-14H,15-21H2. The molecule has 138 valence electrons. The van der Waals surface area contributed by atoms with Gasteiger partial charge in [-0.2, -0.15) is 0 Å². The van der Waals surface area contributed by atoms with Crippen LogP contribution in [-0.4, -0.2) is 42.5 Å². The minimum atomic E-state index is 1.04. The molecule has 0 amide bonds. The van der Waals surface area contributed by atoms with E-state index in [2.05, 4.69) is 94.7 Å². The van der Waals surface area contributed by atoms with E-state index in [1.807, 2.05) is 0 Å². The maximum absolute atomic E-state index is 2.60. The molecule has 1 fully saturated rings. The summed E-state index contributed by atoms with van der Waals surface area (Å²) in [6.45, 7) is 6.84. The fraction of sp³-hybridized carbons (Fsp3) is 0.280. The largest absolute Gasteiger partial charge is 0.300 e. The Morgan fingerprint density at radius 2 is 1.19 bits per heavy atom. The number of hydrogen-bond donors (Lipinski definition) is 0. The molecular weight excluding hydrogens is 328 g/mol. The van der Waals surface area contributed by atoms with E-state index in [9.17, 15) is 0 Å². The summed E-state index contributed by atoms with van der Waals surface area (Å²) >= 11 is 0. The lowest BCUT2D eigenvalue weighted by atomic mass is 9.99. The van der Waals surface area contributed by atoms with Crippen LogP contribution in [0, 0.1) is 0 Å². The van der Waals surface area contributed by atoms with Crippen LogP contribution in [-0.2, 0) is 13.0 Å². The number of hydrogen-bond acceptors (Lipinski definition) is 2. The molecule has 0 aromatic heterocycles. The molecule has 0 radical (unpaired) electrons. The van der Waals surface area contributed by atoms with Gasteiger partial charge in [-0.1, -0.05) is 84.9 Å². The zero-order valence-electron chi connectivity index (χ0n) is 15.9. The Morgan fingerprint density at radius 1 is 0.593 bits per heavy atom. The maximum Gasteiger partial charge on any atom is 0.0240 e. The van der Waals surface area contributed by atoms with E-state index in [1.54, 1.807) is 0 Å². The average Bonchev–Trinajstić information content (AvgIpc) is 2.75. The lowest BCUT2D eigenvalue weighted by Crippen LogP contribution is -2.46. The Morgan fingerprint density at radius 3 is 1.93 bits per heavy atom. The van der Waals surface area contributed by atoms with Gasteiger partial charge in [0.2, 0.25) is 0 Å². The minimum Gasteiger partial charge on any atom is -0.300 e. The van der Waals surface area contributed by atoms with Crippen molar-refractivity contribution in [3.05, 3.63) is 96.1 Å². The van der Waals surface area contributed by atoms with Crippen LogP contribution in [0.2, 0.25) is 0 Å². The summed E-state index contributed by atoms with van der Waals surface area (Å²) in [6, 6.07) is 30.4. The van der Waals surface area contributed by atoms with Crippen molar-refractivity contribution in [3.63, 3.8) is 0 Å². The molecule has 1 heterocycles. The molecule has 4 rings (SSSR count). The lowest BCUT2D eigenvalue weighted by Gasteiger charge is -2.35. The summed E-state index contributed by atoms with van der Waals surface area (Å²) in [6.07, 6.45) is 1.15. The highest BCUT2D eigenvalue weighted by atomic mass is 15.3. The van der Waals surface area contributed by atoms with Crippen molar-refractivity contribution in [2.75, 3.05) is 32.7 Å². The van der Waals surface area contributed by atoms with Gasteiger partial charge in [0.1, 0.15) is 0 Å². The van der Waals surface area contributed by atoms with Gasteiger partial charge in [-0.15, -0.1) is 0 Å². The van der Waals surface area contributed by atoms with Gasteiger partial charge in [0.25, 0.3) is 0 Å². The third-order valence-corrected chi connectivity index (χ3v) is 5.52. The van der Waals surface area contributed by atoms with Gasteiger partial charge in [0.15, 0.2) is 0 Å². The molecule has 0 unspecified atom stereocenters. The fourth-order valence-corrected chi connectivity index (χ4v) is 3.90. The highest BCUT2D eigenvalue weighted by Crippen LogP contribution is 2.24. The van der Waals surface area contributed by atoms with Crippen LogP contribution in [0.15, 0.2) is 84.9 Å². The molecule has 1 aliphatic heterocycles. The van der Waals surface area contributed by atoms with Crippen molar-refractivity contribution in [2.24, 2.45) is 0 Å². The number of piperazine rings is 1. The average molecular weight is 357 g/mol. The first-order valence-electron chi connectivity index (χ1n) is 10.0. The predicted octanol–water partition coefficient (Wildman–Crippen LogP) is 4.71. The topological polar surface area (TPSA) is 6.48 Å². The molecular formula is C25H28N2. The number of benzene rings is 3. The first-order chi connectivity index (χ1) is 13.4. The highest BCUT2D eigenvalue weighted by molar-refractivity contribution is 5.67. The van der Waals surface area contributed by atoms with Crippen LogP contribution in [0.1, 0.15) is 11.1 Å². The zero-order chi connectivity index (χ0) is 18.3. The van der Waals surface area contributed by atoms with E-state index < -0.39 is 0 Å². The van der Waals surface area contributed by atoms with Crippen molar-refractivity contribution >= 4 is 0 Å². The van der Waals surface area contributed by atoms with Gasteiger partial charge in [0, 0.05) is 39.3 Å². The van der Waals surface area contributed by atoms with E-state index in [0.29, 0.717) is 0 Å². The fourth-order valence-electron chi connectivity index (χ4n) is 3.90. The van der Waals surface area contributed by atoms with E-state index in [0.717, 1.165) is 26.1 Å². The van der Waals surface area contributed by atoms with Crippen LogP contribution in [0.4, 0.5) is 0 Å². The summed E-state index contributed by atoms with van der Waals surface area (Å²) in [4.78, 5) is 5.20. The van der Waals surface area contributed by atoms with E-state index >= 15 is 0 Å². The molecule has 2 heteroatoms. The van der Waals surface area contributed by atoms with E-state index in [1.165, 1.54) is 41.9 Å². The van der Waals surface area contributed by atoms with Crippen LogP contribution < -0.4 is 0 Å². The quantitative estimate of drug-likeness (QED) is 0.631. The molecule has 0 saturated carbocycles. The number of nitrogens with zero attached hydrogens (tertiary/aromatic N) is 2. The summed E-state index contributed by atoms with van der Waals surface area (Å²) in [5.74, 6) is 0. The predicted molar refractivity (Wildman–Crippen MR) is 114 cm³/mol. The maximum atomic E-state index is 2.60. The molecule has 0 N–H and O–H groups in total. The second kappa shape index (κ2) is 8.98. The number of rotatable bonds is 6. The molecule has 0 bridgehead atoms. The summed E-state index contributed by atoms with van der Waals surface area (Å²) in [7, 11) is 0. The van der Waals surface area contributed by atoms with Gasteiger partial charge in [-0.25, -0.2) is 0 Å². The second-order valence-corrected chi connectivity index (χ2v) is 7.38. The summed E-state index contributed by atoms with van der Waals surface area (Å²) < 4.78 is 0. The zero-order valence-corrected chi connectivity index (χ0v) is 15.9. The van der Waals surface area contributed by atoms with Crippen LogP contribution in [0.3, 0.4) is 0 Å². The molecule has 1 aliphatic rings. The van der Waals surface area contributed by atoms with Crippen molar-refractivity contribution in [3.8, 4) is 11.1 Å². The van der Waals surface area contributed by atoms with Crippen molar-refractivity contribution in [1.29, 1.82) is 0 Å². The van der Waals surface area contributed by atoms with Gasteiger partial charge in [0.05, 0.1) is 0 Å². The Bertz CT molecular complexity index is 821. The summed E-state index contributed by atoms with van der Waals surface area (Å²) in [5, 5.41) is 0. The second-order valence-electron chi connectivity index (χ2n) is 7.38. The van der Waals surface area contributed by atoms with Crippen molar-refractivity contribution < 1.29 is 0 Å². The molecule has 0 atom stereocenters. The van der Waals surface area contributed by atoms with Gasteiger partial charge < -0.3 is 4.90 Å². The molecule has 2 nitrogen and oxygen atoms in total. The Kier molecular flexibility index (Phi) is 5.98. The normalized spacial score (nSPS) is 15.7. The third kappa shape index (κ3) is 4.85. The van der Waals surface area contributed by atoms with E-state index in [4.69, 9.17) is 0 Å². The van der Waals surface area contributed by atoms with Crippen LogP contribution in [0.5, 0.6) is 0 Å². The minimum absolute atomic E-state index is 1.04. The molecule has 0 aliphatic carbocycles. The third-order valence-electron chi connectivity index (χ3n) is 5.52. The first kappa shape index (κ1) is 18.0. The SMILES string of the molecule is c1ccc(CCN2CCN(Cc3ccccc3-c3ccccc3)CC2)cc1. The Labute approximate surface area is 163 Å². The Balaban J connectivity index is 1.32. The van der Waals surface area contributed by atoms with Gasteiger partial charge >= 0.3 is 0 Å². The van der Waals surface area contributed by atoms with Crippen LogP contribution in [0.25, 0.3) is 11.1 Å². The highest BCUT2D eigenvalue weighted by Gasteiger charge is 2.17. The van der Waals surface area contributed by atoms with E-state index in [-0.39, 0.29) is 0 Å². The van der Waals surface area contributed by atoms with Crippen molar-refractivity contribution in [1.82, 2.24) is 9.80 Å². The smallest absolute Gasteiger partial charge is 0.0240 e.